The molecule has 6 heteroatoms. The van der Waals surface area contributed by atoms with E-state index in [4.69, 9.17) is 16.0 Å². The third-order valence-electron chi connectivity index (χ3n) is 2.49. The summed E-state index contributed by atoms with van der Waals surface area (Å²) < 4.78 is 41.9. The second-order valence-electron chi connectivity index (χ2n) is 3.67. The van der Waals surface area contributed by atoms with Crippen molar-refractivity contribution in [2.45, 2.75) is 12.3 Å². The van der Waals surface area contributed by atoms with Gasteiger partial charge in [0.2, 0.25) is 0 Å². The number of alkyl halides is 3. The predicted octanol–water partition coefficient (Wildman–Crippen LogP) is 4.03. The summed E-state index contributed by atoms with van der Waals surface area (Å²) in [5, 5.41) is 9.95. The molecule has 0 aliphatic carbocycles. The maximum Gasteiger partial charge on any atom is 0.416 e. The summed E-state index contributed by atoms with van der Waals surface area (Å²) in [5.74, 6) is 0. The van der Waals surface area contributed by atoms with Gasteiger partial charge in [-0.3, -0.25) is 0 Å². The monoisotopic (exact) mass is 276 g/mol. The lowest BCUT2D eigenvalue weighted by molar-refractivity contribution is -0.137. The second-order valence-corrected chi connectivity index (χ2v) is 4.02. The second kappa shape index (κ2) is 4.66. The Labute approximate surface area is 106 Å². The van der Waals surface area contributed by atoms with Crippen molar-refractivity contribution in [2.24, 2.45) is 0 Å². The van der Waals surface area contributed by atoms with E-state index in [-0.39, 0.29) is 5.22 Å². The number of furan rings is 1. The summed E-state index contributed by atoms with van der Waals surface area (Å²) in [7, 11) is 0. The van der Waals surface area contributed by atoms with Gasteiger partial charge < -0.3 is 9.52 Å². The molecule has 2 nitrogen and oxygen atoms in total. The molecule has 0 bridgehead atoms. The van der Waals surface area contributed by atoms with Crippen molar-refractivity contribution in [1.82, 2.24) is 0 Å². The Hall–Kier alpha value is -1.46. The molecule has 1 aromatic heterocycles. The average Bonchev–Trinajstić information content (AvgIpc) is 2.73. The molecule has 0 aliphatic rings. The Morgan fingerprint density at radius 2 is 1.72 bits per heavy atom. The molecule has 1 unspecified atom stereocenters. The SMILES string of the molecule is OC(c1ccc(C(F)(F)F)cc1)c1ccoc1Cl. The van der Waals surface area contributed by atoms with Gasteiger partial charge in [0.1, 0.15) is 6.10 Å². The zero-order valence-corrected chi connectivity index (χ0v) is 9.66. The summed E-state index contributed by atoms with van der Waals surface area (Å²) in [5.41, 5.74) is -0.139. The zero-order chi connectivity index (χ0) is 13.3. The van der Waals surface area contributed by atoms with Crippen LogP contribution in [0.1, 0.15) is 22.8 Å². The lowest BCUT2D eigenvalue weighted by Crippen LogP contribution is -2.05. The molecule has 0 fully saturated rings. The standard InChI is InChI=1S/C12H8ClF3O2/c13-11-9(5-6-18-11)10(17)7-1-3-8(4-2-7)12(14,15)16/h1-6,10,17H. The fourth-order valence-corrected chi connectivity index (χ4v) is 1.75. The van der Waals surface area contributed by atoms with E-state index in [9.17, 15) is 18.3 Å². The van der Waals surface area contributed by atoms with Gasteiger partial charge in [-0.1, -0.05) is 12.1 Å². The summed E-state index contributed by atoms with van der Waals surface area (Å²) >= 11 is 5.68. The fraction of sp³-hybridized carbons (Fsp3) is 0.167. The maximum atomic E-state index is 12.4. The molecule has 2 aromatic rings. The van der Waals surface area contributed by atoms with Gasteiger partial charge in [-0.2, -0.15) is 13.2 Å². The first-order chi connectivity index (χ1) is 8.39. The first-order valence-electron chi connectivity index (χ1n) is 4.97. The molecule has 0 radical (unpaired) electrons. The number of benzene rings is 1. The highest BCUT2D eigenvalue weighted by molar-refractivity contribution is 6.29. The van der Waals surface area contributed by atoms with Crippen molar-refractivity contribution in [3.63, 3.8) is 0 Å². The van der Waals surface area contributed by atoms with Gasteiger partial charge in [0.05, 0.1) is 11.8 Å². The van der Waals surface area contributed by atoms with E-state index in [2.05, 4.69) is 0 Å². The number of aliphatic hydroxyl groups excluding tert-OH is 1. The van der Waals surface area contributed by atoms with Crippen LogP contribution in [0.5, 0.6) is 0 Å². The molecule has 96 valence electrons. The third-order valence-corrected chi connectivity index (χ3v) is 2.80. The van der Waals surface area contributed by atoms with Crippen LogP contribution < -0.4 is 0 Å². The first-order valence-corrected chi connectivity index (χ1v) is 5.35. The Morgan fingerprint density at radius 1 is 1.11 bits per heavy atom. The maximum absolute atomic E-state index is 12.4. The lowest BCUT2D eigenvalue weighted by atomic mass is 10.0. The summed E-state index contributed by atoms with van der Waals surface area (Å²) in [4.78, 5) is 0. The highest BCUT2D eigenvalue weighted by Crippen LogP contribution is 2.32. The minimum Gasteiger partial charge on any atom is -0.453 e. The van der Waals surface area contributed by atoms with E-state index in [1.165, 1.54) is 24.5 Å². The minimum absolute atomic E-state index is 0.0161. The van der Waals surface area contributed by atoms with E-state index in [0.717, 1.165) is 12.1 Å². The van der Waals surface area contributed by atoms with Crippen molar-refractivity contribution in [2.75, 3.05) is 0 Å². The molecule has 2 rings (SSSR count). The minimum atomic E-state index is -4.39. The van der Waals surface area contributed by atoms with Crippen LogP contribution in [0.4, 0.5) is 13.2 Å². The highest BCUT2D eigenvalue weighted by atomic mass is 35.5. The van der Waals surface area contributed by atoms with Gasteiger partial charge in [0, 0.05) is 5.56 Å². The van der Waals surface area contributed by atoms with Gasteiger partial charge in [-0.15, -0.1) is 0 Å². The van der Waals surface area contributed by atoms with Gasteiger partial charge in [-0.25, -0.2) is 0 Å². The van der Waals surface area contributed by atoms with Crippen molar-refractivity contribution >= 4 is 11.6 Å². The zero-order valence-electron chi connectivity index (χ0n) is 8.91. The van der Waals surface area contributed by atoms with Crippen molar-refractivity contribution in [3.05, 3.63) is 58.5 Å². The van der Waals surface area contributed by atoms with Crippen molar-refractivity contribution in [3.8, 4) is 0 Å². The molecule has 1 N–H and O–H groups in total. The van der Waals surface area contributed by atoms with Crippen LogP contribution in [0.3, 0.4) is 0 Å². The van der Waals surface area contributed by atoms with Gasteiger partial charge >= 0.3 is 6.18 Å². The molecule has 1 atom stereocenters. The molecule has 0 amide bonds. The molecular weight excluding hydrogens is 269 g/mol. The Bertz CT molecular complexity index is 531. The highest BCUT2D eigenvalue weighted by Gasteiger charge is 2.30. The normalized spacial score (nSPS) is 13.6. The van der Waals surface area contributed by atoms with Crippen LogP contribution in [0.25, 0.3) is 0 Å². The quantitative estimate of drug-likeness (QED) is 0.898. The topological polar surface area (TPSA) is 33.4 Å². The van der Waals surface area contributed by atoms with Crippen LogP contribution in [0, 0.1) is 0 Å². The molecular formula is C12H8ClF3O2. The van der Waals surface area contributed by atoms with Crippen LogP contribution in [-0.2, 0) is 6.18 Å². The molecule has 1 heterocycles. The molecule has 0 aliphatic heterocycles. The third kappa shape index (κ3) is 2.52. The summed E-state index contributed by atoms with van der Waals surface area (Å²) in [6.07, 6.45) is -4.21. The van der Waals surface area contributed by atoms with E-state index >= 15 is 0 Å². The van der Waals surface area contributed by atoms with Gasteiger partial charge in [0.25, 0.3) is 0 Å². The Balaban J connectivity index is 2.28. The Kier molecular flexibility index (Phi) is 3.36. The van der Waals surface area contributed by atoms with E-state index in [1.807, 2.05) is 0 Å². The van der Waals surface area contributed by atoms with Crippen LogP contribution >= 0.6 is 11.6 Å². The Morgan fingerprint density at radius 3 is 2.17 bits per heavy atom. The van der Waals surface area contributed by atoms with Crippen LogP contribution in [0.15, 0.2) is 41.0 Å². The number of hydrogen-bond acceptors (Lipinski definition) is 2. The number of aliphatic hydroxyl groups is 1. The van der Waals surface area contributed by atoms with Gasteiger partial charge in [0.15, 0.2) is 5.22 Å². The first kappa shape index (κ1) is 13.0. The molecule has 0 saturated carbocycles. The molecule has 0 spiro atoms. The fourth-order valence-electron chi connectivity index (χ4n) is 1.53. The van der Waals surface area contributed by atoms with Crippen molar-refractivity contribution < 1.29 is 22.7 Å². The van der Waals surface area contributed by atoms with E-state index < -0.39 is 17.8 Å². The average molecular weight is 277 g/mol. The number of halogens is 4. The molecule has 18 heavy (non-hydrogen) atoms. The predicted molar refractivity (Wildman–Crippen MR) is 59.2 cm³/mol. The smallest absolute Gasteiger partial charge is 0.416 e. The van der Waals surface area contributed by atoms with Crippen LogP contribution in [-0.4, -0.2) is 5.11 Å². The molecule has 1 aromatic carbocycles. The van der Waals surface area contributed by atoms with E-state index in [1.54, 1.807) is 0 Å². The van der Waals surface area contributed by atoms with Gasteiger partial charge in [-0.05, 0) is 35.4 Å². The summed E-state index contributed by atoms with van der Waals surface area (Å²) in [6, 6.07) is 5.69. The lowest BCUT2D eigenvalue weighted by Gasteiger charge is -2.11. The summed E-state index contributed by atoms with van der Waals surface area (Å²) in [6.45, 7) is 0. The number of hydrogen-bond donors (Lipinski definition) is 1. The molecule has 0 saturated heterocycles. The van der Waals surface area contributed by atoms with Crippen molar-refractivity contribution in [1.29, 1.82) is 0 Å². The van der Waals surface area contributed by atoms with E-state index in [0.29, 0.717) is 11.1 Å². The van der Waals surface area contributed by atoms with Crippen LogP contribution in [0.2, 0.25) is 5.22 Å². The number of rotatable bonds is 2. The largest absolute Gasteiger partial charge is 0.453 e.